The molecule has 0 fully saturated rings. The fourth-order valence-electron chi connectivity index (χ4n) is 3.01. The van der Waals surface area contributed by atoms with Gasteiger partial charge in [-0.25, -0.2) is 5.43 Å². The van der Waals surface area contributed by atoms with E-state index in [-0.39, 0.29) is 11.7 Å². The molecule has 0 aliphatic carbocycles. The minimum absolute atomic E-state index is 0.116. The van der Waals surface area contributed by atoms with E-state index in [0.717, 1.165) is 16.8 Å². The number of nitrogens with one attached hydrogen (secondary N) is 1. The lowest BCUT2D eigenvalue weighted by molar-refractivity contribution is -0.118. The molecule has 0 unspecified atom stereocenters. The molecular formula is C24H19Cl2N5OS. The van der Waals surface area contributed by atoms with E-state index >= 15 is 0 Å². The van der Waals surface area contributed by atoms with Crippen molar-refractivity contribution in [2.24, 2.45) is 5.10 Å². The summed E-state index contributed by atoms with van der Waals surface area (Å²) in [4.78, 5) is 12.4. The third-order valence-electron chi connectivity index (χ3n) is 4.65. The van der Waals surface area contributed by atoms with Crippen LogP contribution in [0.25, 0.3) is 17.1 Å². The number of aryl methyl sites for hydroxylation is 1. The van der Waals surface area contributed by atoms with Crippen LogP contribution in [0.15, 0.2) is 83.1 Å². The highest BCUT2D eigenvalue weighted by atomic mass is 35.5. The molecule has 6 nitrogen and oxygen atoms in total. The van der Waals surface area contributed by atoms with Crippen molar-refractivity contribution in [2.45, 2.75) is 12.1 Å². The molecule has 3 aromatic carbocycles. The minimum Gasteiger partial charge on any atom is -0.272 e. The number of hydrogen-bond acceptors (Lipinski definition) is 5. The second-order valence-corrected chi connectivity index (χ2v) is 8.88. The third kappa shape index (κ3) is 5.82. The summed E-state index contributed by atoms with van der Waals surface area (Å²) >= 11 is 13.3. The average Bonchev–Trinajstić information content (AvgIpc) is 3.24. The first-order valence-corrected chi connectivity index (χ1v) is 11.7. The Morgan fingerprint density at radius 2 is 1.82 bits per heavy atom. The van der Waals surface area contributed by atoms with Gasteiger partial charge in [0.25, 0.3) is 5.91 Å². The first kappa shape index (κ1) is 23.0. The van der Waals surface area contributed by atoms with Crippen LogP contribution < -0.4 is 5.43 Å². The van der Waals surface area contributed by atoms with E-state index in [1.165, 1.54) is 18.0 Å². The maximum atomic E-state index is 12.4. The zero-order valence-corrected chi connectivity index (χ0v) is 19.9. The molecular weight excluding hydrogens is 477 g/mol. The molecule has 4 aromatic rings. The predicted molar refractivity (Wildman–Crippen MR) is 134 cm³/mol. The molecule has 0 aliphatic heterocycles. The lowest BCUT2D eigenvalue weighted by Crippen LogP contribution is -2.20. The van der Waals surface area contributed by atoms with Crippen molar-refractivity contribution in [1.29, 1.82) is 0 Å². The average molecular weight is 496 g/mol. The number of aromatic nitrogens is 3. The summed E-state index contributed by atoms with van der Waals surface area (Å²) in [6, 6.07) is 22.9. The quantitative estimate of drug-likeness (QED) is 0.200. The van der Waals surface area contributed by atoms with Crippen LogP contribution in [-0.4, -0.2) is 32.6 Å². The highest BCUT2D eigenvalue weighted by Crippen LogP contribution is 2.28. The number of nitrogens with zero attached hydrogens (tertiary/aromatic N) is 4. The molecule has 0 saturated heterocycles. The van der Waals surface area contributed by atoms with Crippen molar-refractivity contribution < 1.29 is 4.79 Å². The van der Waals surface area contributed by atoms with Crippen LogP contribution in [0, 0.1) is 6.92 Å². The van der Waals surface area contributed by atoms with Gasteiger partial charge in [0.15, 0.2) is 11.0 Å². The molecule has 166 valence electrons. The van der Waals surface area contributed by atoms with Gasteiger partial charge in [0.1, 0.15) is 0 Å². The molecule has 0 bridgehead atoms. The van der Waals surface area contributed by atoms with E-state index in [1.54, 1.807) is 18.2 Å². The lowest BCUT2D eigenvalue weighted by atomic mass is 10.2. The molecule has 0 aliphatic rings. The Kier molecular flexibility index (Phi) is 7.44. The SMILES string of the molecule is Cc1ccc(-n2c(SCC(=O)N/N=C\c3ccc(Cl)cc3Cl)nnc2-c2ccccc2)cc1. The smallest absolute Gasteiger partial charge is 0.250 e. The van der Waals surface area contributed by atoms with Crippen molar-refractivity contribution >= 4 is 47.1 Å². The van der Waals surface area contributed by atoms with Crippen molar-refractivity contribution in [3.63, 3.8) is 0 Å². The molecule has 0 atom stereocenters. The van der Waals surface area contributed by atoms with Crippen molar-refractivity contribution in [3.8, 4) is 17.1 Å². The van der Waals surface area contributed by atoms with Gasteiger partial charge in [-0.05, 0) is 31.2 Å². The van der Waals surface area contributed by atoms with Gasteiger partial charge in [-0.3, -0.25) is 9.36 Å². The third-order valence-corrected chi connectivity index (χ3v) is 6.14. The monoisotopic (exact) mass is 495 g/mol. The largest absolute Gasteiger partial charge is 0.272 e. The van der Waals surface area contributed by atoms with Gasteiger partial charge in [-0.1, -0.05) is 89.1 Å². The summed E-state index contributed by atoms with van der Waals surface area (Å²) in [7, 11) is 0. The van der Waals surface area contributed by atoms with Crippen LogP contribution in [0.4, 0.5) is 0 Å². The molecule has 33 heavy (non-hydrogen) atoms. The zero-order valence-electron chi connectivity index (χ0n) is 17.6. The number of carbonyl (C=O) groups is 1. The molecule has 4 rings (SSSR count). The topological polar surface area (TPSA) is 72.2 Å². The van der Waals surface area contributed by atoms with E-state index < -0.39 is 0 Å². The van der Waals surface area contributed by atoms with Crippen LogP contribution >= 0.6 is 35.0 Å². The summed E-state index contributed by atoms with van der Waals surface area (Å²) < 4.78 is 1.95. The summed E-state index contributed by atoms with van der Waals surface area (Å²) in [5.74, 6) is 0.545. The van der Waals surface area contributed by atoms with E-state index in [0.29, 0.717) is 26.6 Å². The first-order valence-electron chi connectivity index (χ1n) is 9.99. The Hall–Kier alpha value is -3.13. The summed E-state index contributed by atoms with van der Waals surface area (Å²) in [5.41, 5.74) is 6.17. The van der Waals surface area contributed by atoms with Gasteiger partial charge < -0.3 is 0 Å². The highest BCUT2D eigenvalue weighted by molar-refractivity contribution is 7.99. The Labute approximate surface area is 205 Å². The standard InChI is InChI=1S/C24H19Cl2N5OS/c1-16-7-11-20(12-8-16)31-23(17-5-3-2-4-6-17)29-30-24(31)33-15-22(32)28-27-14-18-9-10-19(25)13-21(18)26/h2-14H,15H2,1H3,(H,28,32)/b27-14-. The minimum atomic E-state index is -0.277. The highest BCUT2D eigenvalue weighted by Gasteiger charge is 2.17. The summed E-state index contributed by atoms with van der Waals surface area (Å²) in [6.07, 6.45) is 1.48. The number of amides is 1. The molecule has 1 amide bonds. The molecule has 0 spiro atoms. The van der Waals surface area contributed by atoms with Gasteiger partial charge in [-0.15, -0.1) is 10.2 Å². The molecule has 1 N–H and O–H groups in total. The fourth-order valence-corrected chi connectivity index (χ4v) is 4.21. The molecule has 1 heterocycles. The summed E-state index contributed by atoms with van der Waals surface area (Å²) in [6.45, 7) is 2.03. The Morgan fingerprint density at radius 3 is 2.55 bits per heavy atom. The number of thioether (sulfide) groups is 1. The Bertz CT molecular complexity index is 1290. The zero-order chi connectivity index (χ0) is 23.2. The van der Waals surface area contributed by atoms with Crippen LogP contribution in [-0.2, 0) is 4.79 Å². The van der Waals surface area contributed by atoms with Gasteiger partial charge in [-0.2, -0.15) is 5.10 Å². The second kappa shape index (κ2) is 10.7. The van der Waals surface area contributed by atoms with Gasteiger partial charge in [0.05, 0.1) is 17.0 Å². The van der Waals surface area contributed by atoms with E-state index in [4.69, 9.17) is 23.2 Å². The normalized spacial score (nSPS) is 11.1. The van der Waals surface area contributed by atoms with Crippen LogP contribution in [0.2, 0.25) is 10.0 Å². The maximum Gasteiger partial charge on any atom is 0.250 e. The van der Waals surface area contributed by atoms with Crippen molar-refractivity contribution in [1.82, 2.24) is 20.2 Å². The van der Waals surface area contributed by atoms with Crippen molar-refractivity contribution in [2.75, 3.05) is 5.75 Å². The number of halogens is 2. The van der Waals surface area contributed by atoms with E-state index in [2.05, 4.69) is 20.7 Å². The number of hydrogen-bond donors (Lipinski definition) is 1. The molecule has 1 aromatic heterocycles. The maximum absolute atomic E-state index is 12.4. The predicted octanol–water partition coefficient (Wildman–Crippen LogP) is 5.79. The van der Waals surface area contributed by atoms with E-state index in [1.807, 2.05) is 66.1 Å². The van der Waals surface area contributed by atoms with Gasteiger partial charge in [0, 0.05) is 21.8 Å². The first-order chi connectivity index (χ1) is 16.0. The molecule has 0 radical (unpaired) electrons. The van der Waals surface area contributed by atoms with Crippen LogP contribution in [0.1, 0.15) is 11.1 Å². The van der Waals surface area contributed by atoms with Gasteiger partial charge >= 0.3 is 0 Å². The van der Waals surface area contributed by atoms with Crippen LogP contribution in [0.5, 0.6) is 0 Å². The van der Waals surface area contributed by atoms with E-state index in [9.17, 15) is 4.79 Å². The number of hydrazone groups is 1. The van der Waals surface area contributed by atoms with Crippen LogP contribution in [0.3, 0.4) is 0 Å². The fraction of sp³-hybridized carbons (Fsp3) is 0.0833. The lowest BCUT2D eigenvalue weighted by Gasteiger charge is -2.10. The van der Waals surface area contributed by atoms with Gasteiger partial charge in [0.2, 0.25) is 0 Å². The summed E-state index contributed by atoms with van der Waals surface area (Å²) in [5, 5.41) is 14.3. The number of benzene rings is 3. The number of carbonyl (C=O) groups excluding carboxylic acids is 1. The Balaban J connectivity index is 1.49. The molecule has 9 heteroatoms. The Morgan fingerprint density at radius 1 is 1.06 bits per heavy atom. The van der Waals surface area contributed by atoms with Crippen molar-refractivity contribution in [3.05, 3.63) is 94.0 Å². The number of rotatable bonds is 7. The second-order valence-electron chi connectivity index (χ2n) is 7.09. The molecule has 0 saturated carbocycles.